The fourth-order valence-electron chi connectivity index (χ4n) is 3.77. The number of rotatable bonds is 18. The first-order chi connectivity index (χ1) is 17.1. The van der Waals surface area contributed by atoms with E-state index in [1.165, 1.54) is 0 Å². The summed E-state index contributed by atoms with van der Waals surface area (Å²) in [6.45, 7) is 8.09. The van der Waals surface area contributed by atoms with Crippen molar-refractivity contribution in [2.45, 2.75) is 71.0 Å². The molecule has 3 amide bonds. The minimum atomic E-state index is -0.920. The molecule has 0 bridgehead atoms. The van der Waals surface area contributed by atoms with E-state index in [2.05, 4.69) is 16.0 Å². The van der Waals surface area contributed by atoms with Gasteiger partial charge in [-0.15, -0.1) is 0 Å². The second kappa shape index (κ2) is 17.8. The standard InChI is InChI=1S/C24H42N4O8/c1-17(2)23(24(34)26-18(3)16-29)27-20(30)4-5-21(31)28(19-6-9-25-10-7-19)11-13-36-15-14-35-12-8-22(32)33/h16-19,23,25H,4-15H2,1-3H3,(H,26,34)(H,27,30)(H,32,33). The monoisotopic (exact) mass is 514 g/mol. The molecule has 1 rings (SSSR count). The van der Waals surface area contributed by atoms with Crippen molar-refractivity contribution in [1.82, 2.24) is 20.9 Å². The minimum Gasteiger partial charge on any atom is -0.481 e. The molecule has 206 valence electrons. The van der Waals surface area contributed by atoms with E-state index >= 15 is 0 Å². The maximum atomic E-state index is 13.0. The zero-order chi connectivity index (χ0) is 26.9. The quantitative estimate of drug-likeness (QED) is 0.142. The first-order valence-electron chi connectivity index (χ1n) is 12.6. The Morgan fingerprint density at radius 1 is 0.972 bits per heavy atom. The van der Waals surface area contributed by atoms with Crippen molar-refractivity contribution in [3.63, 3.8) is 0 Å². The highest BCUT2D eigenvalue weighted by Gasteiger charge is 2.28. The zero-order valence-electron chi connectivity index (χ0n) is 21.6. The van der Waals surface area contributed by atoms with Gasteiger partial charge < -0.3 is 40.2 Å². The van der Waals surface area contributed by atoms with Crippen molar-refractivity contribution in [3.8, 4) is 0 Å². The number of nitrogens with zero attached hydrogens (tertiary/aromatic N) is 1. The molecule has 0 aromatic carbocycles. The van der Waals surface area contributed by atoms with Gasteiger partial charge in [0.2, 0.25) is 17.7 Å². The molecule has 1 saturated heterocycles. The summed E-state index contributed by atoms with van der Waals surface area (Å²) in [7, 11) is 0. The molecule has 12 nitrogen and oxygen atoms in total. The molecular weight excluding hydrogens is 472 g/mol. The summed E-state index contributed by atoms with van der Waals surface area (Å²) in [4.78, 5) is 61.0. The number of carboxylic acid groups (broad SMARTS) is 1. The van der Waals surface area contributed by atoms with Crippen LogP contribution in [0.25, 0.3) is 0 Å². The topological polar surface area (TPSA) is 163 Å². The number of carbonyl (C=O) groups excluding carboxylic acids is 4. The summed E-state index contributed by atoms with van der Waals surface area (Å²) in [5, 5.41) is 17.1. The van der Waals surface area contributed by atoms with Crippen LogP contribution in [0.1, 0.15) is 52.9 Å². The number of hydrogen-bond donors (Lipinski definition) is 4. The smallest absolute Gasteiger partial charge is 0.305 e. The number of piperidine rings is 1. The molecule has 1 aliphatic rings. The van der Waals surface area contributed by atoms with Gasteiger partial charge in [-0.25, -0.2) is 0 Å². The van der Waals surface area contributed by atoms with Crippen LogP contribution in [0.2, 0.25) is 0 Å². The van der Waals surface area contributed by atoms with Crippen LogP contribution in [0.5, 0.6) is 0 Å². The van der Waals surface area contributed by atoms with Crippen LogP contribution in [0.15, 0.2) is 0 Å². The third-order valence-electron chi connectivity index (χ3n) is 5.78. The van der Waals surface area contributed by atoms with Crippen LogP contribution in [0, 0.1) is 5.92 Å². The summed E-state index contributed by atoms with van der Waals surface area (Å²) < 4.78 is 10.7. The number of nitrogens with one attached hydrogen (secondary N) is 3. The average Bonchev–Trinajstić information content (AvgIpc) is 2.84. The van der Waals surface area contributed by atoms with Crippen molar-refractivity contribution in [3.05, 3.63) is 0 Å². The minimum absolute atomic E-state index is 0.00519. The molecule has 36 heavy (non-hydrogen) atoms. The number of aliphatic carboxylic acids is 1. The molecule has 2 unspecified atom stereocenters. The summed E-state index contributed by atoms with van der Waals surface area (Å²) in [5.41, 5.74) is 0. The predicted molar refractivity (Wildman–Crippen MR) is 131 cm³/mol. The lowest BCUT2D eigenvalue weighted by molar-refractivity contribution is -0.138. The normalized spacial score (nSPS) is 15.7. The molecule has 0 aromatic heterocycles. The first kappa shape index (κ1) is 31.5. The van der Waals surface area contributed by atoms with Gasteiger partial charge in [0, 0.05) is 25.4 Å². The Bertz CT molecular complexity index is 712. The molecule has 0 aromatic rings. The van der Waals surface area contributed by atoms with Crippen molar-refractivity contribution in [1.29, 1.82) is 0 Å². The summed E-state index contributed by atoms with van der Waals surface area (Å²) in [6, 6.07) is -1.41. The van der Waals surface area contributed by atoms with Crippen molar-refractivity contribution < 1.29 is 38.6 Å². The summed E-state index contributed by atoms with van der Waals surface area (Å²) in [5.74, 6) is -2.12. The van der Waals surface area contributed by atoms with Gasteiger partial charge >= 0.3 is 5.97 Å². The fraction of sp³-hybridized carbons (Fsp3) is 0.792. The Labute approximate surface area is 212 Å². The van der Waals surface area contributed by atoms with Crippen LogP contribution in [0.4, 0.5) is 0 Å². The molecule has 2 atom stereocenters. The number of ether oxygens (including phenoxy) is 2. The SMILES string of the molecule is CC(C=O)NC(=O)C(NC(=O)CCC(=O)N(CCOCCOCCC(=O)O)C1CCNCC1)C(C)C. The van der Waals surface area contributed by atoms with Gasteiger partial charge in [0.05, 0.1) is 38.9 Å². The molecule has 4 N–H and O–H groups in total. The Morgan fingerprint density at radius 2 is 1.61 bits per heavy atom. The Kier molecular flexibility index (Phi) is 15.6. The van der Waals surface area contributed by atoms with Gasteiger partial charge in [-0.2, -0.15) is 0 Å². The molecule has 12 heteroatoms. The summed E-state index contributed by atoms with van der Waals surface area (Å²) >= 11 is 0. The van der Waals surface area contributed by atoms with Crippen molar-refractivity contribution >= 4 is 30.0 Å². The Balaban J connectivity index is 2.54. The Morgan fingerprint density at radius 3 is 2.19 bits per heavy atom. The third-order valence-corrected chi connectivity index (χ3v) is 5.78. The van der Waals surface area contributed by atoms with E-state index in [1.54, 1.807) is 25.7 Å². The van der Waals surface area contributed by atoms with Gasteiger partial charge in [0.25, 0.3) is 0 Å². The van der Waals surface area contributed by atoms with Crippen LogP contribution >= 0.6 is 0 Å². The number of amides is 3. The van der Waals surface area contributed by atoms with E-state index in [0.29, 0.717) is 19.4 Å². The van der Waals surface area contributed by atoms with Crippen LogP contribution in [-0.4, -0.2) is 104 Å². The Hall–Kier alpha value is -2.57. The van der Waals surface area contributed by atoms with E-state index in [-0.39, 0.29) is 57.0 Å². The highest BCUT2D eigenvalue weighted by molar-refractivity contribution is 5.90. The second-order valence-corrected chi connectivity index (χ2v) is 9.16. The molecule has 0 saturated carbocycles. The number of carboxylic acids is 1. The zero-order valence-corrected chi connectivity index (χ0v) is 21.6. The second-order valence-electron chi connectivity index (χ2n) is 9.16. The largest absolute Gasteiger partial charge is 0.481 e. The van der Waals surface area contributed by atoms with Gasteiger partial charge in [0.1, 0.15) is 12.3 Å². The van der Waals surface area contributed by atoms with Crippen molar-refractivity contribution in [2.75, 3.05) is 46.1 Å². The van der Waals surface area contributed by atoms with Crippen molar-refractivity contribution in [2.24, 2.45) is 5.92 Å². The average molecular weight is 515 g/mol. The molecule has 1 heterocycles. The fourth-order valence-corrected chi connectivity index (χ4v) is 3.77. The lowest BCUT2D eigenvalue weighted by Crippen LogP contribution is -2.52. The van der Waals surface area contributed by atoms with E-state index in [1.807, 2.05) is 0 Å². The molecule has 0 aliphatic carbocycles. The van der Waals surface area contributed by atoms with Crippen LogP contribution in [-0.2, 0) is 33.4 Å². The molecule has 1 aliphatic heterocycles. The maximum absolute atomic E-state index is 13.0. The van der Waals surface area contributed by atoms with Gasteiger partial charge in [-0.1, -0.05) is 13.8 Å². The van der Waals surface area contributed by atoms with E-state index in [9.17, 15) is 24.0 Å². The van der Waals surface area contributed by atoms with Gasteiger partial charge in [-0.05, 0) is 38.8 Å². The lowest BCUT2D eigenvalue weighted by Gasteiger charge is -2.35. The molecule has 0 spiro atoms. The van der Waals surface area contributed by atoms with E-state index < -0.39 is 29.9 Å². The number of aldehydes is 1. The first-order valence-corrected chi connectivity index (χ1v) is 12.6. The number of carbonyl (C=O) groups is 5. The highest BCUT2D eigenvalue weighted by atomic mass is 16.5. The maximum Gasteiger partial charge on any atom is 0.305 e. The molecule has 1 fully saturated rings. The highest BCUT2D eigenvalue weighted by Crippen LogP contribution is 2.14. The molecule has 0 radical (unpaired) electrons. The lowest BCUT2D eigenvalue weighted by atomic mass is 10.0. The summed E-state index contributed by atoms with van der Waals surface area (Å²) in [6.07, 6.45) is 2.11. The van der Waals surface area contributed by atoms with Crippen LogP contribution < -0.4 is 16.0 Å². The third kappa shape index (κ3) is 12.9. The van der Waals surface area contributed by atoms with E-state index in [0.717, 1.165) is 25.9 Å². The van der Waals surface area contributed by atoms with E-state index in [4.69, 9.17) is 14.6 Å². The molecular formula is C24H42N4O8. The predicted octanol–water partition coefficient (Wildman–Crippen LogP) is -0.300. The van der Waals surface area contributed by atoms with Gasteiger partial charge in [0.15, 0.2) is 0 Å². The van der Waals surface area contributed by atoms with Gasteiger partial charge in [-0.3, -0.25) is 19.2 Å². The van der Waals surface area contributed by atoms with Crippen LogP contribution in [0.3, 0.4) is 0 Å². The number of hydrogen-bond acceptors (Lipinski definition) is 8.